The number of fused-ring (bicyclic) bond motifs is 1. The number of amides is 1. The van der Waals surface area contributed by atoms with Gasteiger partial charge < -0.3 is 19.6 Å². The molecule has 3 heterocycles. The average Bonchev–Trinajstić information content (AvgIpc) is 3.35. The van der Waals surface area contributed by atoms with Crippen molar-refractivity contribution in [3.63, 3.8) is 0 Å². The number of aliphatic hydroxyl groups excluding tert-OH is 1. The molecule has 0 spiro atoms. The number of carbonyl (C=O) groups excluding carboxylic acids is 2. The van der Waals surface area contributed by atoms with Crippen molar-refractivity contribution < 1.29 is 19.4 Å². The summed E-state index contributed by atoms with van der Waals surface area (Å²) in [6.07, 6.45) is 4.09. The molecule has 1 saturated heterocycles. The number of ketones is 1. The number of ether oxygens (including phenoxy) is 1. The van der Waals surface area contributed by atoms with E-state index in [4.69, 9.17) is 4.74 Å². The molecule has 1 N–H and O–H groups in total. The standard InChI is InChI=1S/C28H27N3O4/c1-17-14-21-15-20(6-9-23(21)35-17)26(32)24-25(19-4-7-22(8-5-19)30(2)3)31(28(34)27(24)33)16-18-10-12-29-13-11-18/h4-13,15,17,25,32H,14,16H2,1-3H3/t17-,25+/m0/s1. The summed E-state index contributed by atoms with van der Waals surface area (Å²) in [5.74, 6) is -0.723. The topological polar surface area (TPSA) is 83.0 Å². The lowest BCUT2D eigenvalue weighted by molar-refractivity contribution is -0.140. The van der Waals surface area contributed by atoms with Crippen LogP contribution in [0.5, 0.6) is 5.75 Å². The summed E-state index contributed by atoms with van der Waals surface area (Å²) in [6.45, 7) is 2.21. The molecule has 0 saturated carbocycles. The third-order valence-electron chi connectivity index (χ3n) is 6.54. The molecule has 1 fully saturated rings. The first-order valence-electron chi connectivity index (χ1n) is 11.6. The van der Waals surface area contributed by atoms with E-state index in [1.54, 1.807) is 18.5 Å². The van der Waals surface area contributed by atoms with Gasteiger partial charge in [-0.05, 0) is 66.1 Å². The van der Waals surface area contributed by atoms with Crippen LogP contribution >= 0.6 is 0 Å². The lowest BCUT2D eigenvalue weighted by Crippen LogP contribution is -2.29. The molecule has 0 aliphatic carbocycles. The highest BCUT2D eigenvalue weighted by Crippen LogP contribution is 2.41. The van der Waals surface area contributed by atoms with Crippen LogP contribution in [-0.2, 0) is 22.6 Å². The van der Waals surface area contributed by atoms with E-state index in [1.165, 1.54) is 4.90 Å². The van der Waals surface area contributed by atoms with E-state index >= 15 is 0 Å². The van der Waals surface area contributed by atoms with Crippen LogP contribution in [0.15, 0.2) is 72.6 Å². The second-order valence-electron chi connectivity index (χ2n) is 9.22. The summed E-state index contributed by atoms with van der Waals surface area (Å²) in [5, 5.41) is 11.4. The summed E-state index contributed by atoms with van der Waals surface area (Å²) in [6, 6.07) is 16.0. The number of aliphatic hydroxyl groups is 1. The molecule has 2 aromatic carbocycles. The number of carbonyl (C=O) groups is 2. The number of hydrogen-bond acceptors (Lipinski definition) is 6. The Kier molecular flexibility index (Phi) is 5.76. The molecule has 178 valence electrons. The number of Topliss-reactive ketones (excluding diaryl/α,β-unsaturated/α-hetero) is 1. The first-order valence-corrected chi connectivity index (χ1v) is 11.6. The van der Waals surface area contributed by atoms with Crippen LogP contribution in [0.2, 0.25) is 0 Å². The Morgan fingerprint density at radius 3 is 2.49 bits per heavy atom. The van der Waals surface area contributed by atoms with Gasteiger partial charge in [-0.15, -0.1) is 0 Å². The Morgan fingerprint density at radius 2 is 1.80 bits per heavy atom. The fourth-order valence-corrected chi connectivity index (χ4v) is 4.75. The molecule has 7 nitrogen and oxygen atoms in total. The highest BCUT2D eigenvalue weighted by atomic mass is 16.5. The predicted molar refractivity (Wildman–Crippen MR) is 133 cm³/mol. The van der Waals surface area contributed by atoms with E-state index in [9.17, 15) is 14.7 Å². The summed E-state index contributed by atoms with van der Waals surface area (Å²) in [4.78, 5) is 34.1. The zero-order chi connectivity index (χ0) is 24.7. The van der Waals surface area contributed by atoms with Crippen molar-refractivity contribution >= 4 is 23.1 Å². The Bertz CT molecular complexity index is 1320. The minimum Gasteiger partial charge on any atom is -0.507 e. The fourth-order valence-electron chi connectivity index (χ4n) is 4.75. The average molecular weight is 470 g/mol. The van der Waals surface area contributed by atoms with Gasteiger partial charge in [0.05, 0.1) is 11.6 Å². The maximum atomic E-state index is 13.3. The maximum absolute atomic E-state index is 13.3. The van der Waals surface area contributed by atoms with Crippen LogP contribution in [-0.4, -0.2) is 46.9 Å². The zero-order valence-electron chi connectivity index (χ0n) is 19.9. The largest absolute Gasteiger partial charge is 0.507 e. The van der Waals surface area contributed by atoms with Crippen molar-refractivity contribution in [2.24, 2.45) is 0 Å². The number of pyridine rings is 1. The van der Waals surface area contributed by atoms with Gasteiger partial charge in [-0.25, -0.2) is 0 Å². The number of nitrogens with zero attached hydrogens (tertiary/aromatic N) is 3. The number of benzene rings is 2. The summed E-state index contributed by atoms with van der Waals surface area (Å²) in [5.41, 5.74) is 4.16. The number of anilines is 1. The van der Waals surface area contributed by atoms with Crippen LogP contribution in [0.4, 0.5) is 5.69 Å². The molecule has 7 heteroatoms. The third kappa shape index (κ3) is 4.14. The molecule has 2 aliphatic rings. The second kappa shape index (κ2) is 8.91. The van der Waals surface area contributed by atoms with Gasteiger partial charge in [-0.1, -0.05) is 12.1 Å². The van der Waals surface area contributed by atoms with Crippen molar-refractivity contribution in [2.75, 3.05) is 19.0 Å². The molecular weight excluding hydrogens is 442 g/mol. The molecule has 3 aromatic rings. The van der Waals surface area contributed by atoms with E-state index in [0.717, 1.165) is 34.5 Å². The van der Waals surface area contributed by atoms with E-state index in [2.05, 4.69) is 4.98 Å². The number of rotatable bonds is 5. The predicted octanol–water partition coefficient (Wildman–Crippen LogP) is 4.09. The Balaban J connectivity index is 1.62. The highest BCUT2D eigenvalue weighted by molar-refractivity contribution is 6.46. The van der Waals surface area contributed by atoms with Crippen LogP contribution in [0, 0.1) is 0 Å². The van der Waals surface area contributed by atoms with Gasteiger partial charge in [0, 0.05) is 50.7 Å². The van der Waals surface area contributed by atoms with Crippen molar-refractivity contribution in [3.05, 3.63) is 94.8 Å². The Hall–Kier alpha value is -4.13. The van der Waals surface area contributed by atoms with Gasteiger partial charge in [0.25, 0.3) is 11.7 Å². The van der Waals surface area contributed by atoms with Crippen molar-refractivity contribution in [3.8, 4) is 5.75 Å². The third-order valence-corrected chi connectivity index (χ3v) is 6.54. The van der Waals surface area contributed by atoms with Crippen molar-refractivity contribution in [1.29, 1.82) is 0 Å². The van der Waals surface area contributed by atoms with Crippen molar-refractivity contribution in [1.82, 2.24) is 9.88 Å². The Labute approximate surface area is 204 Å². The summed E-state index contributed by atoms with van der Waals surface area (Å²) in [7, 11) is 3.89. The van der Waals surface area contributed by atoms with Gasteiger partial charge in [0.1, 0.15) is 17.6 Å². The molecule has 0 unspecified atom stereocenters. The van der Waals surface area contributed by atoms with Gasteiger partial charge in [-0.2, -0.15) is 0 Å². The van der Waals surface area contributed by atoms with E-state index < -0.39 is 17.7 Å². The Morgan fingerprint density at radius 1 is 1.09 bits per heavy atom. The monoisotopic (exact) mass is 469 g/mol. The molecule has 1 aromatic heterocycles. The highest BCUT2D eigenvalue weighted by Gasteiger charge is 2.46. The second-order valence-corrected chi connectivity index (χ2v) is 9.22. The zero-order valence-corrected chi connectivity index (χ0v) is 19.9. The van der Waals surface area contributed by atoms with E-state index in [-0.39, 0.29) is 24.0 Å². The molecule has 2 atom stereocenters. The SMILES string of the molecule is C[C@H]1Cc2cc(C(O)=C3C(=O)C(=O)N(Cc4ccncc4)[C@@H]3c3ccc(N(C)C)cc3)ccc2O1. The van der Waals surface area contributed by atoms with Crippen LogP contribution in [0.1, 0.15) is 35.2 Å². The minimum atomic E-state index is -0.720. The summed E-state index contributed by atoms with van der Waals surface area (Å²) < 4.78 is 5.77. The van der Waals surface area contributed by atoms with Crippen molar-refractivity contribution in [2.45, 2.75) is 32.0 Å². The van der Waals surface area contributed by atoms with Gasteiger partial charge >= 0.3 is 0 Å². The molecule has 0 bridgehead atoms. The number of hydrogen-bond donors (Lipinski definition) is 1. The molecular formula is C28H27N3O4. The summed E-state index contributed by atoms with van der Waals surface area (Å²) >= 11 is 0. The number of likely N-dealkylation sites (tertiary alicyclic amines) is 1. The maximum Gasteiger partial charge on any atom is 0.295 e. The lowest BCUT2D eigenvalue weighted by atomic mass is 9.94. The van der Waals surface area contributed by atoms with Crippen LogP contribution < -0.4 is 9.64 Å². The minimum absolute atomic E-state index is 0.0588. The molecule has 2 aliphatic heterocycles. The van der Waals surface area contributed by atoms with Gasteiger partial charge in [-0.3, -0.25) is 14.6 Å². The van der Waals surface area contributed by atoms with Crippen LogP contribution in [0.25, 0.3) is 5.76 Å². The smallest absolute Gasteiger partial charge is 0.295 e. The quantitative estimate of drug-likeness (QED) is 0.344. The molecule has 5 rings (SSSR count). The van der Waals surface area contributed by atoms with E-state index in [1.807, 2.05) is 74.4 Å². The van der Waals surface area contributed by atoms with E-state index in [0.29, 0.717) is 5.56 Å². The normalized spacial score (nSPS) is 20.6. The molecule has 1 amide bonds. The first kappa shape index (κ1) is 22.7. The van der Waals surface area contributed by atoms with Crippen LogP contribution in [0.3, 0.4) is 0 Å². The first-order chi connectivity index (χ1) is 16.8. The lowest BCUT2D eigenvalue weighted by Gasteiger charge is -2.26. The fraction of sp³-hybridized carbons (Fsp3) is 0.250. The van der Waals surface area contributed by atoms with Gasteiger partial charge in [0.15, 0.2) is 0 Å². The van der Waals surface area contributed by atoms with Gasteiger partial charge in [0.2, 0.25) is 0 Å². The molecule has 0 radical (unpaired) electrons. The molecule has 35 heavy (non-hydrogen) atoms. The number of aromatic nitrogens is 1.